The normalized spacial score (nSPS) is 13.7. The molecule has 0 spiro atoms. The molecule has 0 aliphatic heterocycles. The van der Waals surface area contributed by atoms with Gasteiger partial charge in [0, 0.05) is 0 Å². The Morgan fingerprint density at radius 2 is 1.70 bits per heavy atom. The van der Waals surface area contributed by atoms with Crippen LogP contribution >= 0.6 is 0 Å². The molecule has 0 radical (unpaired) electrons. The first-order valence-corrected chi connectivity index (χ1v) is 11.1. The topological polar surface area (TPSA) is 0 Å². The zero-order valence-corrected chi connectivity index (χ0v) is 16.6. The molecule has 0 saturated heterocycles. The van der Waals surface area contributed by atoms with Crippen molar-refractivity contribution < 1.29 is 23.2 Å². The van der Waals surface area contributed by atoms with Crippen LogP contribution in [-0.4, -0.2) is 0 Å². The number of allylic oxidation sites excluding steroid dienone is 4. The van der Waals surface area contributed by atoms with E-state index in [2.05, 4.69) is 74.5 Å². The summed E-state index contributed by atoms with van der Waals surface area (Å²) in [6.45, 7) is 4.36. The summed E-state index contributed by atoms with van der Waals surface area (Å²) in [5.74, 6) is 0. The Morgan fingerprint density at radius 3 is 2.43 bits per heavy atom. The molecule has 0 amide bonds. The Bertz CT molecular complexity index is 735. The van der Waals surface area contributed by atoms with E-state index in [0.29, 0.717) is 0 Å². The minimum atomic E-state index is -0.581. The Balaban J connectivity index is 0.000000354. The van der Waals surface area contributed by atoms with Crippen LogP contribution in [0.3, 0.4) is 0 Å². The molecule has 0 N–H and O–H groups in total. The molecule has 0 bridgehead atoms. The zero-order chi connectivity index (χ0) is 16.1. The molecule has 0 atom stereocenters. The molecule has 0 fully saturated rings. The van der Waals surface area contributed by atoms with Gasteiger partial charge in [0.15, 0.2) is 0 Å². The average molecular weight is 380 g/mol. The number of unbranched alkanes of at least 4 members (excludes halogenated alkanes) is 1. The minimum absolute atomic E-state index is 0.581. The van der Waals surface area contributed by atoms with Gasteiger partial charge < -0.3 is 0 Å². The molecule has 0 aromatic heterocycles. The van der Waals surface area contributed by atoms with Gasteiger partial charge in [0.2, 0.25) is 0 Å². The van der Waals surface area contributed by atoms with Gasteiger partial charge in [0.05, 0.1) is 0 Å². The van der Waals surface area contributed by atoms with Crippen LogP contribution in [0.4, 0.5) is 0 Å². The van der Waals surface area contributed by atoms with E-state index in [1.807, 2.05) is 0 Å². The summed E-state index contributed by atoms with van der Waals surface area (Å²) in [6.07, 6.45) is 11.8. The van der Waals surface area contributed by atoms with Gasteiger partial charge in [-0.1, -0.05) is 26.7 Å². The van der Waals surface area contributed by atoms with E-state index in [1.165, 1.54) is 36.0 Å². The second kappa shape index (κ2) is 8.07. The summed E-state index contributed by atoms with van der Waals surface area (Å²) in [4.78, 5) is 0. The Kier molecular flexibility index (Phi) is 5.84. The standard InChI is InChI=1S/C13H9.C5H5.C4H10.Zr/c1-3-7-12-10(5-1)9-11-6-2-4-8-13(11)12;1-2-4-5-3-1;1-3-4-2;/h1-5,7-8H,9H2;1-3H,4H2;3-4H2,1-2H3;. The summed E-state index contributed by atoms with van der Waals surface area (Å²) in [5, 5.41) is 0. The van der Waals surface area contributed by atoms with Gasteiger partial charge in [-0.3, -0.25) is 0 Å². The number of fused-ring (bicyclic) bond motifs is 3. The largest absolute Gasteiger partial charge is 0.0654 e. The van der Waals surface area contributed by atoms with Gasteiger partial charge in [-0.25, -0.2) is 0 Å². The van der Waals surface area contributed by atoms with E-state index < -0.39 is 23.2 Å². The molecule has 116 valence electrons. The van der Waals surface area contributed by atoms with E-state index in [0.717, 1.165) is 6.42 Å². The molecule has 2 aromatic rings. The molecular weight excluding hydrogens is 355 g/mol. The fourth-order valence-corrected chi connectivity index (χ4v) is 6.18. The van der Waals surface area contributed by atoms with Crippen molar-refractivity contribution in [2.24, 2.45) is 0 Å². The second-order valence-corrected chi connectivity index (χ2v) is 9.63. The molecule has 23 heavy (non-hydrogen) atoms. The van der Waals surface area contributed by atoms with Crippen LogP contribution in [0, 0.1) is 0 Å². The van der Waals surface area contributed by atoms with Crippen molar-refractivity contribution in [3.05, 3.63) is 75.1 Å². The van der Waals surface area contributed by atoms with Gasteiger partial charge in [-0.05, 0) is 0 Å². The summed E-state index contributed by atoms with van der Waals surface area (Å²) in [6, 6.07) is 15.8. The van der Waals surface area contributed by atoms with Crippen molar-refractivity contribution in [2.45, 2.75) is 39.5 Å². The van der Waals surface area contributed by atoms with Crippen molar-refractivity contribution in [2.75, 3.05) is 0 Å². The van der Waals surface area contributed by atoms with Crippen LogP contribution in [0.1, 0.15) is 44.2 Å². The van der Waals surface area contributed by atoms with Gasteiger partial charge in [-0.2, -0.15) is 0 Å². The van der Waals surface area contributed by atoms with E-state index >= 15 is 0 Å². The first-order chi connectivity index (χ1) is 11.3. The third kappa shape index (κ3) is 3.83. The predicted molar refractivity (Wildman–Crippen MR) is 96.7 cm³/mol. The third-order valence-electron chi connectivity index (χ3n) is 4.42. The SMILES string of the molecule is C1=CC[C]([Zr][c]2cccc3c2Cc2ccccc2-3)=C1.CCCC. The quantitative estimate of drug-likeness (QED) is 0.554. The molecule has 0 nitrogen and oxygen atoms in total. The van der Waals surface area contributed by atoms with Crippen LogP contribution in [-0.2, 0) is 29.7 Å². The van der Waals surface area contributed by atoms with Gasteiger partial charge in [0.25, 0.3) is 0 Å². The summed E-state index contributed by atoms with van der Waals surface area (Å²) in [7, 11) is 0. The number of hydrogen-bond donors (Lipinski definition) is 0. The van der Waals surface area contributed by atoms with Crippen molar-refractivity contribution >= 4 is 3.27 Å². The molecular formula is C22H24Zr. The Hall–Kier alpha value is -1.20. The summed E-state index contributed by atoms with van der Waals surface area (Å²) >= 11 is -0.581. The fraction of sp³-hybridized carbons (Fsp3) is 0.273. The first kappa shape index (κ1) is 16.7. The maximum atomic E-state index is 2.37. The van der Waals surface area contributed by atoms with Crippen LogP contribution in [0.5, 0.6) is 0 Å². The number of hydrogen-bond acceptors (Lipinski definition) is 0. The molecule has 2 aliphatic rings. The van der Waals surface area contributed by atoms with Crippen LogP contribution in [0.2, 0.25) is 0 Å². The van der Waals surface area contributed by atoms with Crippen LogP contribution in [0.15, 0.2) is 64.0 Å². The molecule has 2 aliphatic carbocycles. The van der Waals surface area contributed by atoms with Gasteiger partial charge >= 0.3 is 126 Å². The molecule has 4 rings (SSSR count). The van der Waals surface area contributed by atoms with Crippen molar-refractivity contribution in [3.63, 3.8) is 0 Å². The maximum absolute atomic E-state index is 2.37. The van der Waals surface area contributed by atoms with Crippen molar-refractivity contribution in [1.82, 2.24) is 0 Å². The molecule has 0 unspecified atom stereocenters. The monoisotopic (exact) mass is 378 g/mol. The van der Waals surface area contributed by atoms with Crippen LogP contribution < -0.4 is 3.27 Å². The second-order valence-electron chi connectivity index (χ2n) is 6.11. The zero-order valence-electron chi connectivity index (χ0n) is 14.1. The molecule has 2 aromatic carbocycles. The Labute approximate surface area is 151 Å². The van der Waals surface area contributed by atoms with Crippen molar-refractivity contribution in [3.8, 4) is 11.1 Å². The van der Waals surface area contributed by atoms with Crippen molar-refractivity contribution in [1.29, 1.82) is 0 Å². The van der Waals surface area contributed by atoms with E-state index in [9.17, 15) is 0 Å². The third-order valence-corrected chi connectivity index (χ3v) is 7.93. The Morgan fingerprint density at radius 1 is 0.913 bits per heavy atom. The number of rotatable bonds is 3. The average Bonchev–Trinajstić information content (AvgIpc) is 3.23. The van der Waals surface area contributed by atoms with E-state index in [-0.39, 0.29) is 0 Å². The molecule has 0 heterocycles. The minimum Gasteiger partial charge on any atom is -0.0654 e. The van der Waals surface area contributed by atoms with Gasteiger partial charge in [-0.15, -0.1) is 0 Å². The number of benzene rings is 2. The molecule has 1 heteroatoms. The predicted octanol–water partition coefficient (Wildman–Crippen LogP) is 5.62. The first-order valence-electron chi connectivity index (χ1n) is 8.66. The summed E-state index contributed by atoms with van der Waals surface area (Å²) < 4.78 is 3.38. The molecule has 0 saturated carbocycles. The summed E-state index contributed by atoms with van der Waals surface area (Å²) in [5.41, 5.74) is 6.06. The van der Waals surface area contributed by atoms with E-state index in [4.69, 9.17) is 0 Å². The van der Waals surface area contributed by atoms with Crippen LogP contribution in [0.25, 0.3) is 11.1 Å². The van der Waals surface area contributed by atoms with Gasteiger partial charge in [0.1, 0.15) is 0 Å². The van der Waals surface area contributed by atoms with E-state index in [1.54, 1.807) is 12.1 Å². The smallest absolute Gasteiger partial charge is 0.0564 e. The fourth-order valence-electron chi connectivity index (χ4n) is 2.99. The maximum Gasteiger partial charge on any atom is -0.0564 e.